The first kappa shape index (κ1) is 27.2. The first-order valence-corrected chi connectivity index (χ1v) is 13.6. The Labute approximate surface area is 226 Å². The van der Waals surface area contributed by atoms with E-state index >= 15 is 0 Å². The Hall–Kier alpha value is -3.89. The molecule has 0 aliphatic heterocycles. The normalized spacial score (nSPS) is 13.0. The number of likely N-dealkylation sites (N-methyl/N-ethyl adjacent to an activating group) is 1. The molecule has 1 amide bonds. The average Bonchev–Trinajstić information content (AvgIpc) is 3.57. The summed E-state index contributed by atoms with van der Waals surface area (Å²) in [6.07, 6.45) is 3.57. The van der Waals surface area contributed by atoms with Crippen LogP contribution in [0.3, 0.4) is 0 Å². The van der Waals surface area contributed by atoms with Crippen molar-refractivity contribution < 1.29 is 4.79 Å². The van der Waals surface area contributed by atoms with Crippen molar-refractivity contribution in [1.29, 1.82) is 5.41 Å². The van der Waals surface area contributed by atoms with E-state index in [0.717, 1.165) is 23.7 Å². The van der Waals surface area contributed by atoms with Crippen LogP contribution in [0.1, 0.15) is 50.7 Å². The number of amides is 1. The molecule has 0 spiro atoms. The maximum Gasteiger partial charge on any atom is 0.251 e. The number of aromatic nitrogens is 4. The summed E-state index contributed by atoms with van der Waals surface area (Å²) in [6, 6.07) is 9.57. The quantitative estimate of drug-likeness (QED) is 0.255. The number of carbonyl (C=O) groups excluding carboxylic acids is 1. The third kappa shape index (κ3) is 5.66. The Morgan fingerprint density at radius 2 is 1.95 bits per heavy atom. The lowest BCUT2D eigenvalue weighted by atomic mass is 10.0. The van der Waals surface area contributed by atoms with E-state index in [1.165, 1.54) is 0 Å². The number of thiophene rings is 1. The zero-order valence-corrected chi connectivity index (χ0v) is 23.3. The second-order valence-electron chi connectivity index (χ2n) is 9.21. The second kappa shape index (κ2) is 11.7. The van der Waals surface area contributed by atoms with Crippen molar-refractivity contribution in [2.24, 2.45) is 5.73 Å². The van der Waals surface area contributed by atoms with Gasteiger partial charge in [-0.25, -0.2) is 14.5 Å². The van der Waals surface area contributed by atoms with Crippen molar-refractivity contribution in [1.82, 2.24) is 29.8 Å². The molecule has 0 aliphatic rings. The molecule has 0 bridgehead atoms. The second-order valence-corrected chi connectivity index (χ2v) is 10.2. The van der Waals surface area contributed by atoms with Gasteiger partial charge in [-0.2, -0.15) is 5.10 Å². The van der Waals surface area contributed by atoms with Gasteiger partial charge in [-0.3, -0.25) is 9.69 Å². The molecule has 1 atom stereocenters. The number of rotatable bonds is 10. The minimum absolute atomic E-state index is 0.194. The highest BCUT2D eigenvalue weighted by Gasteiger charge is 2.20. The van der Waals surface area contributed by atoms with Gasteiger partial charge in [0.25, 0.3) is 5.91 Å². The Balaban J connectivity index is 1.80. The van der Waals surface area contributed by atoms with Gasteiger partial charge in [-0.05, 0) is 63.5 Å². The summed E-state index contributed by atoms with van der Waals surface area (Å²) < 4.78 is 1.69. The summed E-state index contributed by atoms with van der Waals surface area (Å²) in [6.45, 7) is 12.1. The summed E-state index contributed by atoms with van der Waals surface area (Å²) >= 11 is 1.61. The number of hydrogen-bond donors (Lipinski definition) is 3. The zero-order valence-electron chi connectivity index (χ0n) is 22.4. The number of pyridine rings is 1. The zero-order chi connectivity index (χ0) is 27.4. The standard InChI is InChI=1S/C28H34N8OS/c1-6-35(7-2)17(3)15-31-28(37)20-13-23(33-24(14-20)26(18(4)29)19(5)30)21-16-32-36-11-10-22(34-27(21)36)25-9-8-12-38-25/h8-14,16-17,29H,6-7,15,30H2,1-5H3,(H,31,37). The first-order chi connectivity index (χ1) is 18.2. The van der Waals surface area contributed by atoms with Gasteiger partial charge >= 0.3 is 0 Å². The number of allylic oxidation sites excluding steroid dienone is 2. The molecule has 4 N–H and O–H groups in total. The summed E-state index contributed by atoms with van der Waals surface area (Å²) in [4.78, 5) is 26.4. The molecule has 0 fully saturated rings. The lowest BCUT2D eigenvalue weighted by Crippen LogP contribution is -2.42. The fourth-order valence-electron chi connectivity index (χ4n) is 4.55. The molecule has 4 aromatic rings. The number of fused-ring (bicyclic) bond motifs is 1. The highest BCUT2D eigenvalue weighted by molar-refractivity contribution is 7.13. The number of nitrogens with zero attached hydrogens (tertiary/aromatic N) is 5. The van der Waals surface area contributed by atoms with Crippen molar-refractivity contribution in [3.63, 3.8) is 0 Å². The molecule has 4 rings (SSSR count). The van der Waals surface area contributed by atoms with E-state index in [4.69, 9.17) is 21.1 Å². The van der Waals surface area contributed by atoms with Gasteiger partial charge in [0.1, 0.15) is 0 Å². The summed E-state index contributed by atoms with van der Waals surface area (Å²) in [5.41, 5.74) is 11.0. The number of carbonyl (C=O) groups is 1. The third-order valence-electron chi connectivity index (χ3n) is 6.53. The Morgan fingerprint density at radius 1 is 1.18 bits per heavy atom. The molecule has 4 aromatic heterocycles. The van der Waals surface area contributed by atoms with Crippen LogP contribution < -0.4 is 11.1 Å². The van der Waals surface area contributed by atoms with Crippen LogP contribution in [0.4, 0.5) is 0 Å². The van der Waals surface area contributed by atoms with Crippen LogP contribution in [-0.2, 0) is 0 Å². The van der Waals surface area contributed by atoms with Crippen LogP contribution in [0, 0.1) is 5.41 Å². The van der Waals surface area contributed by atoms with Crippen LogP contribution in [0.5, 0.6) is 0 Å². The number of nitrogens with one attached hydrogen (secondary N) is 2. The summed E-state index contributed by atoms with van der Waals surface area (Å²) in [7, 11) is 0. The lowest BCUT2D eigenvalue weighted by Gasteiger charge is -2.26. The largest absolute Gasteiger partial charge is 0.402 e. The van der Waals surface area contributed by atoms with Crippen LogP contribution in [0.25, 0.3) is 33.0 Å². The molecule has 1 unspecified atom stereocenters. The van der Waals surface area contributed by atoms with E-state index < -0.39 is 0 Å². The minimum atomic E-state index is -0.214. The van der Waals surface area contributed by atoms with E-state index in [9.17, 15) is 4.79 Å². The molecule has 0 aliphatic carbocycles. The monoisotopic (exact) mass is 530 g/mol. The third-order valence-corrected chi connectivity index (χ3v) is 7.42. The Bertz CT molecular complexity index is 1480. The smallest absolute Gasteiger partial charge is 0.251 e. The minimum Gasteiger partial charge on any atom is -0.402 e. The predicted molar refractivity (Wildman–Crippen MR) is 154 cm³/mol. The number of nitrogens with two attached hydrogens (primary N) is 1. The van der Waals surface area contributed by atoms with Crippen LogP contribution >= 0.6 is 11.3 Å². The van der Waals surface area contributed by atoms with Crippen LogP contribution in [-0.4, -0.2) is 61.8 Å². The van der Waals surface area contributed by atoms with E-state index in [1.807, 2.05) is 29.8 Å². The molecule has 198 valence electrons. The molecule has 0 aromatic carbocycles. The molecule has 9 nitrogen and oxygen atoms in total. The van der Waals surface area contributed by atoms with E-state index in [-0.39, 0.29) is 17.7 Å². The maximum atomic E-state index is 13.4. The average molecular weight is 531 g/mol. The van der Waals surface area contributed by atoms with Crippen LogP contribution in [0.2, 0.25) is 0 Å². The molecule has 0 saturated carbocycles. The van der Waals surface area contributed by atoms with Crippen molar-refractivity contribution in [2.45, 2.75) is 40.7 Å². The lowest BCUT2D eigenvalue weighted by molar-refractivity contribution is 0.0938. The van der Waals surface area contributed by atoms with Crippen molar-refractivity contribution in [3.8, 4) is 21.8 Å². The molecule has 38 heavy (non-hydrogen) atoms. The van der Waals surface area contributed by atoms with Gasteiger partial charge in [0.2, 0.25) is 0 Å². The maximum absolute atomic E-state index is 13.4. The molecular formula is C28H34N8OS. The van der Waals surface area contributed by atoms with Crippen molar-refractivity contribution in [3.05, 3.63) is 65.1 Å². The Morgan fingerprint density at radius 3 is 2.58 bits per heavy atom. The molecule has 0 saturated heterocycles. The van der Waals surface area contributed by atoms with Crippen molar-refractivity contribution in [2.75, 3.05) is 19.6 Å². The first-order valence-electron chi connectivity index (χ1n) is 12.7. The summed E-state index contributed by atoms with van der Waals surface area (Å²) in [5.74, 6) is -0.214. The molecule has 4 heterocycles. The van der Waals surface area contributed by atoms with Crippen LogP contribution in [0.15, 0.2) is 53.8 Å². The SMILES string of the molecule is CCN(CC)C(C)CNC(=O)c1cc(C(C(C)=N)=C(C)N)nc(-c2cnn3ccc(-c4cccs4)nc23)c1. The highest BCUT2D eigenvalue weighted by atomic mass is 32.1. The van der Waals surface area contributed by atoms with E-state index in [2.05, 4.69) is 36.1 Å². The van der Waals surface area contributed by atoms with Gasteiger partial charge in [-0.1, -0.05) is 19.9 Å². The van der Waals surface area contributed by atoms with Gasteiger partial charge < -0.3 is 16.5 Å². The highest BCUT2D eigenvalue weighted by Crippen LogP contribution is 2.29. The molecule has 0 radical (unpaired) electrons. The van der Waals surface area contributed by atoms with Gasteiger partial charge in [0, 0.05) is 41.3 Å². The van der Waals surface area contributed by atoms with Gasteiger partial charge in [0.15, 0.2) is 5.65 Å². The van der Waals surface area contributed by atoms with E-state index in [1.54, 1.807) is 48.0 Å². The fourth-order valence-corrected chi connectivity index (χ4v) is 5.24. The number of hydrogen-bond acceptors (Lipinski definition) is 8. The predicted octanol–water partition coefficient (Wildman–Crippen LogP) is 4.71. The molecule has 10 heteroatoms. The topological polar surface area (TPSA) is 125 Å². The van der Waals surface area contributed by atoms with Crippen molar-refractivity contribution >= 4 is 34.2 Å². The van der Waals surface area contributed by atoms with Gasteiger partial charge in [0.05, 0.1) is 33.7 Å². The van der Waals surface area contributed by atoms with E-state index in [0.29, 0.717) is 46.0 Å². The Kier molecular flexibility index (Phi) is 8.33. The summed E-state index contributed by atoms with van der Waals surface area (Å²) in [5, 5.41) is 17.8. The fraction of sp³-hybridized carbons (Fsp3) is 0.321. The van der Waals surface area contributed by atoms with Gasteiger partial charge in [-0.15, -0.1) is 11.3 Å². The molecular weight excluding hydrogens is 496 g/mol.